The molecule has 3 heteroatoms. The molecule has 0 saturated carbocycles. The van der Waals surface area contributed by atoms with Gasteiger partial charge in [0.05, 0.1) is 0 Å². The summed E-state index contributed by atoms with van der Waals surface area (Å²) in [7, 11) is 0. The fourth-order valence-electron chi connectivity index (χ4n) is 0.375. The molecule has 2 amide bonds. The van der Waals surface area contributed by atoms with Gasteiger partial charge in [0.2, 0.25) is 0 Å². The quantitative estimate of drug-likeness (QED) is 0.564. The Hall–Kier alpha value is -1.25. The summed E-state index contributed by atoms with van der Waals surface area (Å²) >= 11 is 0. The summed E-state index contributed by atoms with van der Waals surface area (Å²) < 4.78 is 0. The van der Waals surface area contributed by atoms with E-state index < -0.39 is 0 Å². The third kappa shape index (κ3) is 4.90. The fraction of sp³-hybridized carbons (Fsp3) is 0.286. The number of urea groups is 1. The Balaban J connectivity index is 3.34. The second kappa shape index (κ2) is 5.88. The van der Waals surface area contributed by atoms with Gasteiger partial charge in [-0.15, -0.1) is 6.58 Å². The van der Waals surface area contributed by atoms with Crippen molar-refractivity contribution in [1.29, 1.82) is 0 Å². The lowest BCUT2D eigenvalue weighted by atomic mass is 10.6. The number of carbonyl (C=O) groups excluding carboxylic acids is 1. The van der Waals surface area contributed by atoms with Crippen molar-refractivity contribution in [1.82, 2.24) is 10.6 Å². The first-order valence-corrected chi connectivity index (χ1v) is 3.07. The highest BCUT2D eigenvalue weighted by atomic mass is 16.2. The third-order valence-corrected chi connectivity index (χ3v) is 0.788. The highest BCUT2D eigenvalue weighted by Gasteiger charge is 1.89. The zero-order valence-electron chi connectivity index (χ0n) is 6.05. The SMILES string of the molecule is C=CCNC(=O)N/C=C\C. The summed E-state index contributed by atoms with van der Waals surface area (Å²) in [4.78, 5) is 10.6. The molecule has 0 aliphatic rings. The molecule has 0 aliphatic heterocycles. The van der Waals surface area contributed by atoms with E-state index in [0.717, 1.165) is 0 Å². The first kappa shape index (κ1) is 8.75. The van der Waals surface area contributed by atoms with Gasteiger partial charge in [-0.3, -0.25) is 0 Å². The lowest BCUT2D eigenvalue weighted by Crippen LogP contribution is -2.31. The summed E-state index contributed by atoms with van der Waals surface area (Å²) in [5.41, 5.74) is 0. The highest BCUT2D eigenvalue weighted by molar-refractivity contribution is 5.74. The zero-order valence-corrected chi connectivity index (χ0v) is 6.05. The Morgan fingerprint density at radius 3 is 2.90 bits per heavy atom. The van der Waals surface area contributed by atoms with Gasteiger partial charge in [-0.2, -0.15) is 0 Å². The molecule has 0 aromatic rings. The standard InChI is InChI=1S/C7H12N2O/c1-3-5-8-7(10)9-6-4-2/h3-4,6H,1,5H2,2H3,(H2,8,9,10)/b6-4-. The molecule has 0 rings (SSSR count). The minimum absolute atomic E-state index is 0.210. The van der Waals surface area contributed by atoms with Gasteiger partial charge in [-0.25, -0.2) is 4.79 Å². The maximum absolute atomic E-state index is 10.6. The van der Waals surface area contributed by atoms with Gasteiger partial charge in [0.1, 0.15) is 0 Å². The Bertz CT molecular complexity index is 141. The first-order valence-electron chi connectivity index (χ1n) is 3.07. The van der Waals surface area contributed by atoms with Crippen molar-refractivity contribution in [3.63, 3.8) is 0 Å². The van der Waals surface area contributed by atoms with Crippen LogP contribution < -0.4 is 10.6 Å². The molecule has 0 heterocycles. The number of carbonyl (C=O) groups is 1. The lowest BCUT2D eigenvalue weighted by molar-refractivity contribution is 0.245. The van der Waals surface area contributed by atoms with Crippen LogP contribution in [0.4, 0.5) is 4.79 Å². The van der Waals surface area contributed by atoms with E-state index in [1.165, 1.54) is 0 Å². The summed E-state index contributed by atoms with van der Waals surface area (Å²) in [5, 5.41) is 5.04. The second-order valence-corrected chi connectivity index (χ2v) is 1.64. The van der Waals surface area contributed by atoms with Gasteiger partial charge in [-0.05, 0) is 6.92 Å². The molecule has 0 fully saturated rings. The van der Waals surface area contributed by atoms with Crippen molar-refractivity contribution < 1.29 is 4.79 Å². The van der Waals surface area contributed by atoms with Crippen LogP contribution in [0.25, 0.3) is 0 Å². The van der Waals surface area contributed by atoms with E-state index >= 15 is 0 Å². The van der Waals surface area contributed by atoms with E-state index in [1.54, 1.807) is 18.4 Å². The van der Waals surface area contributed by atoms with Crippen LogP contribution >= 0.6 is 0 Å². The zero-order chi connectivity index (χ0) is 7.82. The topological polar surface area (TPSA) is 41.1 Å². The molecule has 0 saturated heterocycles. The smallest absolute Gasteiger partial charge is 0.318 e. The average Bonchev–Trinajstić information content (AvgIpc) is 1.97. The lowest BCUT2D eigenvalue weighted by Gasteiger charge is -1.98. The van der Waals surface area contributed by atoms with Crippen molar-refractivity contribution in [3.8, 4) is 0 Å². The van der Waals surface area contributed by atoms with Gasteiger partial charge in [0.15, 0.2) is 0 Å². The molecule has 0 aromatic carbocycles. The van der Waals surface area contributed by atoms with Gasteiger partial charge in [0.25, 0.3) is 0 Å². The number of allylic oxidation sites excluding steroid dienone is 1. The molecule has 0 atom stereocenters. The van der Waals surface area contributed by atoms with Crippen LogP contribution in [0.2, 0.25) is 0 Å². The molecule has 0 aliphatic carbocycles. The summed E-state index contributed by atoms with van der Waals surface area (Å²) in [6.07, 6.45) is 4.93. The number of amides is 2. The van der Waals surface area contributed by atoms with Crippen molar-refractivity contribution in [2.75, 3.05) is 6.54 Å². The van der Waals surface area contributed by atoms with Crippen molar-refractivity contribution in [2.24, 2.45) is 0 Å². The predicted molar refractivity (Wildman–Crippen MR) is 41.5 cm³/mol. The van der Waals surface area contributed by atoms with E-state index in [2.05, 4.69) is 17.2 Å². The molecule has 0 spiro atoms. The van der Waals surface area contributed by atoms with Crippen LogP contribution in [0.1, 0.15) is 6.92 Å². The van der Waals surface area contributed by atoms with Gasteiger partial charge in [0, 0.05) is 12.7 Å². The summed E-state index contributed by atoms with van der Waals surface area (Å²) in [6.45, 7) is 5.77. The molecule has 56 valence electrons. The maximum Gasteiger partial charge on any atom is 0.318 e. The molecule has 0 aromatic heterocycles. The van der Waals surface area contributed by atoms with Crippen LogP contribution in [-0.2, 0) is 0 Å². The van der Waals surface area contributed by atoms with Crippen LogP contribution in [0.5, 0.6) is 0 Å². The summed E-state index contributed by atoms with van der Waals surface area (Å²) in [6, 6.07) is -0.210. The Kier molecular flexibility index (Phi) is 5.14. The van der Waals surface area contributed by atoms with E-state index in [9.17, 15) is 4.79 Å². The van der Waals surface area contributed by atoms with Gasteiger partial charge in [-0.1, -0.05) is 12.2 Å². The largest absolute Gasteiger partial charge is 0.334 e. The van der Waals surface area contributed by atoms with Gasteiger partial charge < -0.3 is 10.6 Å². The molecular weight excluding hydrogens is 128 g/mol. The molecule has 10 heavy (non-hydrogen) atoms. The monoisotopic (exact) mass is 140 g/mol. The van der Waals surface area contributed by atoms with Crippen LogP contribution in [-0.4, -0.2) is 12.6 Å². The maximum atomic E-state index is 10.6. The minimum Gasteiger partial charge on any atom is -0.334 e. The second-order valence-electron chi connectivity index (χ2n) is 1.64. The molecule has 0 radical (unpaired) electrons. The average molecular weight is 140 g/mol. The number of rotatable bonds is 3. The van der Waals surface area contributed by atoms with E-state index in [0.29, 0.717) is 6.54 Å². The van der Waals surface area contributed by atoms with E-state index in [-0.39, 0.29) is 6.03 Å². The van der Waals surface area contributed by atoms with Gasteiger partial charge >= 0.3 is 6.03 Å². The molecule has 0 bridgehead atoms. The molecule has 3 nitrogen and oxygen atoms in total. The Labute approximate surface area is 60.8 Å². The normalized spacial score (nSPS) is 9.30. The van der Waals surface area contributed by atoms with Crippen molar-refractivity contribution in [2.45, 2.75) is 6.92 Å². The Morgan fingerprint density at radius 2 is 2.40 bits per heavy atom. The first-order chi connectivity index (χ1) is 4.81. The van der Waals surface area contributed by atoms with Crippen LogP contribution in [0.3, 0.4) is 0 Å². The predicted octanol–water partition coefficient (Wildman–Crippen LogP) is 1.01. The van der Waals surface area contributed by atoms with Crippen LogP contribution in [0.15, 0.2) is 24.9 Å². The minimum atomic E-state index is -0.210. The van der Waals surface area contributed by atoms with Crippen molar-refractivity contribution in [3.05, 3.63) is 24.9 Å². The number of hydrogen-bond acceptors (Lipinski definition) is 1. The molecular formula is C7H12N2O. The third-order valence-electron chi connectivity index (χ3n) is 0.788. The molecule has 2 N–H and O–H groups in total. The number of hydrogen-bond donors (Lipinski definition) is 2. The Morgan fingerprint density at radius 1 is 1.70 bits per heavy atom. The molecule has 0 unspecified atom stereocenters. The van der Waals surface area contributed by atoms with E-state index in [1.807, 2.05) is 6.92 Å². The van der Waals surface area contributed by atoms with Crippen LogP contribution in [0, 0.1) is 0 Å². The van der Waals surface area contributed by atoms with E-state index in [4.69, 9.17) is 0 Å². The number of nitrogens with one attached hydrogen (secondary N) is 2. The summed E-state index contributed by atoms with van der Waals surface area (Å²) in [5.74, 6) is 0. The fourth-order valence-corrected chi connectivity index (χ4v) is 0.375. The van der Waals surface area contributed by atoms with Crippen molar-refractivity contribution >= 4 is 6.03 Å². The highest BCUT2D eigenvalue weighted by Crippen LogP contribution is 1.67.